The second kappa shape index (κ2) is 18.8. The van der Waals surface area contributed by atoms with E-state index in [9.17, 15) is 38.7 Å². The molecular formula is C29H40F2N2O10. The Morgan fingerprint density at radius 3 is 2.65 bits per heavy atom. The molecule has 0 spiro atoms. The Bertz CT molecular complexity index is 1060. The molecule has 0 unspecified atom stereocenters. The monoisotopic (exact) mass is 614 g/mol. The number of nitrogens with zero attached hydrogens (tertiary/aromatic N) is 1. The fourth-order valence-electron chi connectivity index (χ4n) is 4.42. The van der Waals surface area contributed by atoms with E-state index in [0.29, 0.717) is 25.0 Å². The van der Waals surface area contributed by atoms with E-state index in [0.717, 1.165) is 6.08 Å². The van der Waals surface area contributed by atoms with Gasteiger partial charge in [0.2, 0.25) is 5.91 Å². The van der Waals surface area contributed by atoms with Gasteiger partial charge in [-0.25, -0.2) is 0 Å². The van der Waals surface area contributed by atoms with Crippen LogP contribution in [0.25, 0.3) is 0 Å². The zero-order valence-electron chi connectivity index (χ0n) is 24.0. The summed E-state index contributed by atoms with van der Waals surface area (Å²) in [6, 6.07) is 7.80. The van der Waals surface area contributed by atoms with E-state index in [4.69, 9.17) is 14.2 Å². The highest BCUT2D eigenvalue weighted by atomic mass is 19.3. The number of halogens is 2. The minimum absolute atomic E-state index is 0.0426. The lowest BCUT2D eigenvalue weighted by molar-refractivity contribution is -0.758. The Morgan fingerprint density at radius 2 is 1.93 bits per heavy atom. The van der Waals surface area contributed by atoms with Crippen LogP contribution >= 0.6 is 0 Å². The number of unbranched alkanes of at least 4 members (excludes halogenated alkanes) is 1. The number of benzene rings is 1. The predicted octanol–water partition coefficient (Wildman–Crippen LogP) is 3.00. The maximum atomic E-state index is 14.4. The number of hydrogen-bond donors (Lipinski definition) is 3. The van der Waals surface area contributed by atoms with Crippen molar-refractivity contribution in [2.45, 2.75) is 63.2 Å². The number of alkyl halides is 2. The summed E-state index contributed by atoms with van der Waals surface area (Å²) in [5.41, 5.74) is 0. The van der Waals surface area contributed by atoms with Crippen LogP contribution in [0.1, 0.15) is 39.0 Å². The highest BCUT2D eigenvalue weighted by Gasteiger charge is 2.40. The van der Waals surface area contributed by atoms with Crippen LogP contribution in [0.4, 0.5) is 8.78 Å². The summed E-state index contributed by atoms with van der Waals surface area (Å²) < 4.78 is 44.0. The summed E-state index contributed by atoms with van der Waals surface area (Å²) >= 11 is 0. The summed E-state index contributed by atoms with van der Waals surface area (Å²) in [6.07, 6.45) is 5.46. The van der Waals surface area contributed by atoms with Crippen molar-refractivity contribution in [3.8, 4) is 5.75 Å². The van der Waals surface area contributed by atoms with Crippen molar-refractivity contribution in [1.82, 2.24) is 5.32 Å². The van der Waals surface area contributed by atoms with Crippen LogP contribution in [-0.4, -0.2) is 84.4 Å². The van der Waals surface area contributed by atoms with Gasteiger partial charge in [0.05, 0.1) is 24.9 Å². The lowest BCUT2D eigenvalue weighted by atomic mass is 9.89. The van der Waals surface area contributed by atoms with Crippen molar-refractivity contribution in [2.75, 3.05) is 33.0 Å². The predicted molar refractivity (Wildman–Crippen MR) is 150 cm³/mol. The molecule has 2 rings (SSSR count). The molecule has 1 fully saturated rings. The number of nitrogens with one attached hydrogen (secondary N) is 1. The molecule has 1 amide bonds. The van der Waals surface area contributed by atoms with E-state index in [1.165, 1.54) is 6.08 Å². The third-order valence-electron chi connectivity index (χ3n) is 6.54. The van der Waals surface area contributed by atoms with Gasteiger partial charge in [-0.15, -0.1) is 10.1 Å². The first-order valence-electron chi connectivity index (χ1n) is 14.0. The van der Waals surface area contributed by atoms with Crippen LogP contribution in [0.5, 0.6) is 5.75 Å². The van der Waals surface area contributed by atoms with E-state index in [-0.39, 0.29) is 39.3 Å². The van der Waals surface area contributed by atoms with Gasteiger partial charge in [-0.05, 0) is 50.3 Å². The molecule has 14 heteroatoms. The Labute approximate surface area is 248 Å². The topological polar surface area (TPSA) is 167 Å². The number of ether oxygens (including phenoxy) is 3. The van der Waals surface area contributed by atoms with Gasteiger partial charge >= 0.3 is 5.97 Å². The molecular weight excluding hydrogens is 574 g/mol. The fourth-order valence-corrected chi connectivity index (χ4v) is 4.42. The summed E-state index contributed by atoms with van der Waals surface area (Å²) in [5.74, 6) is -4.93. The number of allylic oxidation sites excluding steroid dienone is 2. The van der Waals surface area contributed by atoms with Crippen molar-refractivity contribution < 1.29 is 52.7 Å². The zero-order valence-corrected chi connectivity index (χ0v) is 24.0. The summed E-state index contributed by atoms with van der Waals surface area (Å²) in [5, 5.41) is 32.3. The van der Waals surface area contributed by atoms with Gasteiger partial charge in [0, 0.05) is 18.8 Å². The molecule has 0 heterocycles. The minimum atomic E-state index is -3.26. The molecule has 1 aliphatic carbocycles. The summed E-state index contributed by atoms with van der Waals surface area (Å²) in [4.78, 5) is 37.8. The van der Waals surface area contributed by atoms with E-state index in [1.54, 1.807) is 43.3 Å². The number of amides is 1. The molecule has 1 aromatic rings. The van der Waals surface area contributed by atoms with Gasteiger partial charge in [-0.3, -0.25) is 9.59 Å². The summed E-state index contributed by atoms with van der Waals surface area (Å²) in [6.45, 7) is 0.00613. The number of aliphatic hydroxyl groups excluding tert-OH is 2. The Morgan fingerprint density at radius 1 is 1.19 bits per heavy atom. The number of carbonyl (C=O) groups excluding carboxylic acids is 2. The maximum Gasteiger partial charge on any atom is 0.305 e. The van der Waals surface area contributed by atoms with Gasteiger partial charge in [0.1, 0.15) is 25.6 Å². The van der Waals surface area contributed by atoms with Crippen LogP contribution < -0.4 is 10.1 Å². The van der Waals surface area contributed by atoms with Crippen LogP contribution in [-0.2, 0) is 23.9 Å². The largest absolute Gasteiger partial charge is 0.487 e. The van der Waals surface area contributed by atoms with Crippen molar-refractivity contribution in [3.63, 3.8) is 0 Å². The Kier molecular flexibility index (Phi) is 15.6. The molecule has 12 nitrogen and oxygen atoms in total. The van der Waals surface area contributed by atoms with Crippen LogP contribution in [0.2, 0.25) is 0 Å². The third-order valence-corrected chi connectivity index (χ3v) is 6.54. The SMILES string of the molecule is C[C@@H](COC(=O)CCC/C=C\C[C@@H]1[C@@H](/C=C/C(F)(F)COc2ccccc2)[C@H](O)C[C@@H]1O)NC(=O)COCCO[N+](=O)[O-]. The first-order valence-corrected chi connectivity index (χ1v) is 14.0. The van der Waals surface area contributed by atoms with Gasteiger partial charge < -0.3 is 34.6 Å². The molecule has 0 saturated heterocycles. The number of carbonyl (C=O) groups is 2. The standard InChI is InChI=1S/C29H40F2N2O10/c1-21(32-27(36)19-40-15-16-43-33(38)39)18-41-28(37)12-8-3-2-7-11-23-24(26(35)17-25(23)34)13-14-29(30,31)20-42-22-9-5-4-6-10-22/h2,4-7,9-10,13-14,21,23-26,34-35H,3,8,11-12,15-20H2,1H3,(H,32,36)/b7-2-,14-13+/t21-,23+,24+,25-,26+/m0/s1. The normalized spacial score (nSPS) is 21.1. The molecule has 0 aromatic heterocycles. The number of hydrogen-bond acceptors (Lipinski definition) is 10. The smallest absolute Gasteiger partial charge is 0.305 e. The van der Waals surface area contributed by atoms with E-state index >= 15 is 0 Å². The molecule has 0 bridgehead atoms. The highest BCUT2D eigenvalue weighted by Crippen LogP contribution is 2.37. The third kappa shape index (κ3) is 14.9. The number of para-hydroxylation sites is 1. The molecule has 5 atom stereocenters. The van der Waals surface area contributed by atoms with E-state index in [2.05, 4.69) is 10.2 Å². The van der Waals surface area contributed by atoms with Gasteiger partial charge in [-0.1, -0.05) is 36.4 Å². The average Bonchev–Trinajstić information content (AvgIpc) is 3.23. The van der Waals surface area contributed by atoms with Crippen LogP contribution in [0, 0.1) is 22.0 Å². The molecule has 1 aliphatic rings. The fraction of sp³-hybridized carbons (Fsp3) is 0.586. The molecule has 0 radical (unpaired) electrons. The van der Waals surface area contributed by atoms with Crippen LogP contribution in [0.3, 0.4) is 0 Å². The number of aliphatic hydroxyl groups is 2. The Balaban J connectivity index is 1.64. The first kappa shape index (κ1) is 35.6. The van der Waals surface area contributed by atoms with Gasteiger partial charge in [-0.2, -0.15) is 8.78 Å². The van der Waals surface area contributed by atoms with Crippen molar-refractivity contribution >= 4 is 11.9 Å². The van der Waals surface area contributed by atoms with Gasteiger partial charge in [0.15, 0.2) is 6.61 Å². The molecule has 1 saturated carbocycles. The molecule has 3 N–H and O–H groups in total. The van der Waals surface area contributed by atoms with Gasteiger partial charge in [0.25, 0.3) is 11.0 Å². The van der Waals surface area contributed by atoms with Crippen molar-refractivity contribution in [2.24, 2.45) is 11.8 Å². The second-order valence-corrected chi connectivity index (χ2v) is 10.2. The maximum absolute atomic E-state index is 14.4. The van der Waals surface area contributed by atoms with E-state index < -0.39 is 59.6 Å². The number of rotatable bonds is 20. The second-order valence-electron chi connectivity index (χ2n) is 10.2. The molecule has 1 aromatic carbocycles. The van der Waals surface area contributed by atoms with Crippen molar-refractivity contribution in [3.05, 3.63) is 64.8 Å². The quantitative estimate of drug-likeness (QED) is 0.0653. The summed E-state index contributed by atoms with van der Waals surface area (Å²) in [7, 11) is 0. The first-order chi connectivity index (χ1) is 20.5. The van der Waals surface area contributed by atoms with Crippen molar-refractivity contribution in [1.29, 1.82) is 0 Å². The lowest BCUT2D eigenvalue weighted by Crippen LogP contribution is -2.38. The Hall–Kier alpha value is -3.62. The molecule has 43 heavy (non-hydrogen) atoms. The molecule has 240 valence electrons. The minimum Gasteiger partial charge on any atom is -0.487 e. The van der Waals surface area contributed by atoms with Crippen LogP contribution in [0.15, 0.2) is 54.6 Å². The van der Waals surface area contributed by atoms with E-state index in [1.807, 2.05) is 6.08 Å². The lowest BCUT2D eigenvalue weighted by Gasteiger charge is -2.20. The number of esters is 1. The zero-order chi connectivity index (χ0) is 31.7. The average molecular weight is 615 g/mol. The molecule has 0 aliphatic heterocycles. The highest BCUT2D eigenvalue weighted by molar-refractivity contribution is 5.77.